The number of hydrogen-bond acceptors (Lipinski definition) is 4. The highest BCUT2D eigenvalue weighted by molar-refractivity contribution is 6.35. The minimum atomic E-state index is -0.267. The second-order valence-electron chi connectivity index (χ2n) is 9.13. The number of aryl methyl sites for hydroxylation is 1. The van der Waals surface area contributed by atoms with Crippen LogP contribution < -0.4 is 5.32 Å². The van der Waals surface area contributed by atoms with Crippen molar-refractivity contribution in [3.05, 3.63) is 83.7 Å². The summed E-state index contributed by atoms with van der Waals surface area (Å²) in [5.74, 6) is 1.34. The molecule has 182 valence electrons. The molecule has 0 saturated heterocycles. The first-order valence-electron chi connectivity index (χ1n) is 12.3. The van der Waals surface area contributed by atoms with Crippen LogP contribution in [0.4, 0.5) is 10.3 Å². The Kier molecular flexibility index (Phi) is 5.93. The molecule has 0 unspecified atom stereocenters. The number of aromatic nitrogens is 5. The first-order chi connectivity index (χ1) is 17.6. The predicted octanol–water partition coefficient (Wildman–Crippen LogP) is 6.76. The van der Waals surface area contributed by atoms with Gasteiger partial charge in [-0.05, 0) is 61.4 Å². The van der Waals surface area contributed by atoms with Crippen molar-refractivity contribution in [2.75, 3.05) is 11.9 Å². The maximum atomic E-state index is 13.7. The molecule has 1 N–H and O–H groups in total. The standard InChI is InChI=1S/C28H26ClFN6/c1-2-14-31-28-32-15-12-23(33-28)27-26(18-6-8-19(30)9-7-18)34-25-11-10-20(36(25)27)17-35-16-13-21-22(29)4-3-5-24(21)35/h3-9,12-13,15-16,20H,2,10-11,14,17H2,1H3,(H,31,32,33)/t20-/m0/s1. The average molecular weight is 501 g/mol. The van der Waals surface area contributed by atoms with Gasteiger partial charge in [-0.1, -0.05) is 24.6 Å². The van der Waals surface area contributed by atoms with E-state index < -0.39 is 0 Å². The molecular formula is C28H26ClFN6. The van der Waals surface area contributed by atoms with Crippen LogP contribution in [0.3, 0.4) is 0 Å². The molecule has 1 aliphatic heterocycles. The summed E-state index contributed by atoms with van der Waals surface area (Å²) in [6, 6.07) is 16.7. The van der Waals surface area contributed by atoms with Gasteiger partial charge in [-0.3, -0.25) is 0 Å². The Labute approximate surface area is 213 Å². The first kappa shape index (κ1) is 22.7. The molecule has 0 bridgehead atoms. The second kappa shape index (κ2) is 9.39. The maximum absolute atomic E-state index is 13.7. The first-order valence-corrected chi connectivity index (χ1v) is 12.7. The van der Waals surface area contributed by atoms with E-state index in [1.807, 2.05) is 18.2 Å². The molecule has 0 saturated carbocycles. The van der Waals surface area contributed by atoms with Gasteiger partial charge in [0, 0.05) is 53.4 Å². The Morgan fingerprint density at radius 3 is 2.78 bits per heavy atom. The highest BCUT2D eigenvalue weighted by Crippen LogP contribution is 2.40. The Balaban J connectivity index is 1.46. The van der Waals surface area contributed by atoms with E-state index in [4.69, 9.17) is 21.6 Å². The molecular weight excluding hydrogens is 475 g/mol. The third-order valence-corrected chi connectivity index (χ3v) is 7.10. The van der Waals surface area contributed by atoms with Crippen LogP contribution in [0, 0.1) is 5.82 Å². The molecule has 0 aliphatic carbocycles. The lowest BCUT2D eigenvalue weighted by atomic mass is 10.1. The van der Waals surface area contributed by atoms with Crippen molar-refractivity contribution in [1.29, 1.82) is 0 Å². The van der Waals surface area contributed by atoms with Crippen LogP contribution in [0.1, 0.15) is 31.6 Å². The largest absolute Gasteiger partial charge is 0.354 e. The van der Waals surface area contributed by atoms with Crippen molar-refractivity contribution in [3.63, 3.8) is 0 Å². The van der Waals surface area contributed by atoms with Crippen LogP contribution in [-0.2, 0) is 13.0 Å². The Bertz CT molecular complexity index is 1540. The van der Waals surface area contributed by atoms with Gasteiger partial charge in [0.2, 0.25) is 5.95 Å². The molecule has 1 aliphatic rings. The summed E-state index contributed by atoms with van der Waals surface area (Å²) in [5, 5.41) is 5.10. The molecule has 0 radical (unpaired) electrons. The van der Waals surface area contributed by atoms with Crippen LogP contribution in [0.2, 0.25) is 5.02 Å². The topological polar surface area (TPSA) is 60.6 Å². The zero-order valence-corrected chi connectivity index (χ0v) is 20.7. The summed E-state index contributed by atoms with van der Waals surface area (Å²) >= 11 is 6.43. The van der Waals surface area contributed by atoms with Gasteiger partial charge in [0.15, 0.2) is 0 Å². The predicted molar refractivity (Wildman–Crippen MR) is 142 cm³/mol. The summed E-state index contributed by atoms with van der Waals surface area (Å²) in [6.07, 6.45) is 6.70. The summed E-state index contributed by atoms with van der Waals surface area (Å²) in [6.45, 7) is 3.69. The van der Waals surface area contributed by atoms with Crippen LogP contribution in [0.5, 0.6) is 0 Å². The lowest BCUT2D eigenvalue weighted by Crippen LogP contribution is -2.14. The number of hydrogen-bond donors (Lipinski definition) is 1. The second-order valence-corrected chi connectivity index (χ2v) is 9.53. The van der Waals surface area contributed by atoms with Crippen molar-refractivity contribution in [2.24, 2.45) is 0 Å². The molecule has 1 atom stereocenters. The van der Waals surface area contributed by atoms with Gasteiger partial charge < -0.3 is 14.5 Å². The smallest absolute Gasteiger partial charge is 0.223 e. The minimum absolute atomic E-state index is 0.188. The molecule has 5 aromatic rings. The fourth-order valence-corrected chi connectivity index (χ4v) is 5.32. The van der Waals surface area contributed by atoms with Crippen molar-refractivity contribution in [3.8, 4) is 22.6 Å². The molecule has 3 aromatic heterocycles. The third-order valence-electron chi connectivity index (χ3n) is 6.77. The summed E-state index contributed by atoms with van der Waals surface area (Å²) in [4.78, 5) is 14.3. The molecule has 0 fully saturated rings. The summed E-state index contributed by atoms with van der Waals surface area (Å²) < 4.78 is 18.3. The monoisotopic (exact) mass is 500 g/mol. The summed E-state index contributed by atoms with van der Waals surface area (Å²) in [7, 11) is 0. The minimum Gasteiger partial charge on any atom is -0.354 e. The molecule has 36 heavy (non-hydrogen) atoms. The van der Waals surface area contributed by atoms with E-state index in [0.29, 0.717) is 5.95 Å². The lowest BCUT2D eigenvalue weighted by Gasteiger charge is -2.19. The zero-order valence-electron chi connectivity index (χ0n) is 20.0. The average Bonchev–Trinajstić information content (AvgIpc) is 3.59. The van der Waals surface area contributed by atoms with Crippen molar-refractivity contribution >= 4 is 28.5 Å². The number of fused-ring (bicyclic) bond motifs is 2. The van der Waals surface area contributed by atoms with Gasteiger partial charge in [-0.25, -0.2) is 19.3 Å². The number of anilines is 1. The van der Waals surface area contributed by atoms with E-state index in [9.17, 15) is 4.39 Å². The van der Waals surface area contributed by atoms with E-state index >= 15 is 0 Å². The maximum Gasteiger partial charge on any atom is 0.223 e. The van der Waals surface area contributed by atoms with E-state index in [1.165, 1.54) is 12.1 Å². The fraction of sp³-hybridized carbons (Fsp3) is 0.250. The number of rotatable bonds is 7. The van der Waals surface area contributed by atoms with Gasteiger partial charge >= 0.3 is 0 Å². The molecule has 2 aromatic carbocycles. The lowest BCUT2D eigenvalue weighted by molar-refractivity contribution is 0.459. The molecule has 6 rings (SSSR count). The normalized spacial score (nSPS) is 14.9. The highest BCUT2D eigenvalue weighted by Gasteiger charge is 2.31. The van der Waals surface area contributed by atoms with Crippen LogP contribution in [0.15, 0.2) is 67.0 Å². The van der Waals surface area contributed by atoms with Gasteiger partial charge in [0.05, 0.1) is 23.1 Å². The van der Waals surface area contributed by atoms with Gasteiger partial charge in [0.1, 0.15) is 11.6 Å². The molecule has 0 spiro atoms. The SMILES string of the molecule is CCCNc1nccc(-c2c(-c3ccc(F)cc3)nc3n2[C@H](Cn2ccc4c(Cl)cccc42)CC3)n1. The molecule has 0 amide bonds. The number of nitrogens with zero attached hydrogens (tertiary/aromatic N) is 5. The molecule has 6 nitrogen and oxygen atoms in total. The number of imidazole rings is 1. The van der Waals surface area contributed by atoms with E-state index in [1.54, 1.807) is 18.3 Å². The van der Waals surface area contributed by atoms with E-state index in [2.05, 4.69) is 44.7 Å². The third kappa shape index (κ3) is 4.03. The van der Waals surface area contributed by atoms with Crippen molar-refractivity contribution in [2.45, 2.75) is 38.8 Å². The zero-order chi connectivity index (χ0) is 24.6. The van der Waals surface area contributed by atoms with Crippen molar-refractivity contribution in [1.82, 2.24) is 24.1 Å². The molecule has 4 heterocycles. The molecule has 8 heteroatoms. The van der Waals surface area contributed by atoms with Crippen LogP contribution >= 0.6 is 11.6 Å². The number of benzene rings is 2. The number of nitrogens with one attached hydrogen (secondary N) is 1. The quantitative estimate of drug-likeness (QED) is 0.268. The van der Waals surface area contributed by atoms with E-state index in [0.717, 1.165) is 76.7 Å². The van der Waals surface area contributed by atoms with Gasteiger partial charge in [-0.2, -0.15) is 0 Å². The van der Waals surface area contributed by atoms with Crippen LogP contribution in [0.25, 0.3) is 33.5 Å². The fourth-order valence-electron chi connectivity index (χ4n) is 5.08. The highest BCUT2D eigenvalue weighted by atomic mass is 35.5. The number of halogens is 2. The Morgan fingerprint density at radius 2 is 1.94 bits per heavy atom. The Morgan fingerprint density at radius 1 is 1.08 bits per heavy atom. The van der Waals surface area contributed by atoms with Gasteiger partial charge in [0.25, 0.3) is 0 Å². The Hall–Kier alpha value is -3.71. The van der Waals surface area contributed by atoms with E-state index in [-0.39, 0.29) is 11.9 Å². The van der Waals surface area contributed by atoms with Crippen molar-refractivity contribution < 1.29 is 4.39 Å². The summed E-state index contributed by atoms with van der Waals surface area (Å²) in [5.41, 5.74) is 4.54. The van der Waals surface area contributed by atoms with Crippen LogP contribution in [-0.4, -0.2) is 30.6 Å². The van der Waals surface area contributed by atoms with Gasteiger partial charge in [-0.15, -0.1) is 0 Å².